The summed E-state index contributed by atoms with van der Waals surface area (Å²) in [6, 6.07) is 7.60. The summed E-state index contributed by atoms with van der Waals surface area (Å²) in [6.45, 7) is 3.00. The number of halogens is 1. The fourth-order valence-corrected chi connectivity index (χ4v) is 3.67. The van der Waals surface area contributed by atoms with E-state index in [-0.39, 0.29) is 13.5 Å². The number of anilines is 1. The first-order valence-electron chi connectivity index (χ1n) is 9.15. The third kappa shape index (κ3) is 4.48. The van der Waals surface area contributed by atoms with Crippen LogP contribution >= 0.6 is 25.1 Å². The van der Waals surface area contributed by atoms with Crippen molar-refractivity contribution in [2.45, 2.75) is 12.8 Å². The van der Waals surface area contributed by atoms with Gasteiger partial charge in [0.2, 0.25) is 0 Å². The fraction of sp³-hybridized carbons (Fsp3) is 0.350. The second-order valence-corrected chi connectivity index (χ2v) is 7.13. The summed E-state index contributed by atoms with van der Waals surface area (Å²) in [4.78, 5) is 13.8. The van der Waals surface area contributed by atoms with Crippen molar-refractivity contribution in [2.75, 3.05) is 32.1 Å². The SMILES string of the molecule is COc1ccc(-c2cc3nccnc3c(NC[C@H]3CCCNC3)n2)cc1Cl.S. The Bertz CT molecular complexity index is 949. The van der Waals surface area contributed by atoms with Gasteiger partial charge < -0.3 is 15.4 Å². The molecule has 0 bridgehead atoms. The van der Waals surface area contributed by atoms with Crippen LogP contribution in [0.15, 0.2) is 36.7 Å². The van der Waals surface area contributed by atoms with Crippen LogP contribution in [-0.4, -0.2) is 41.7 Å². The Hall–Kier alpha value is -2.09. The second kappa shape index (κ2) is 9.41. The predicted octanol–water partition coefficient (Wildman–Crippen LogP) is 3.88. The van der Waals surface area contributed by atoms with E-state index in [2.05, 4.69) is 20.6 Å². The van der Waals surface area contributed by atoms with Gasteiger partial charge in [-0.2, -0.15) is 13.5 Å². The summed E-state index contributed by atoms with van der Waals surface area (Å²) < 4.78 is 5.24. The quantitative estimate of drug-likeness (QED) is 0.656. The highest BCUT2D eigenvalue weighted by molar-refractivity contribution is 7.59. The summed E-state index contributed by atoms with van der Waals surface area (Å²) in [6.07, 6.45) is 5.82. The molecule has 6 nitrogen and oxygen atoms in total. The van der Waals surface area contributed by atoms with Crippen LogP contribution < -0.4 is 15.4 Å². The number of pyridine rings is 1. The molecular weight excluding hydrogens is 394 g/mol. The number of benzene rings is 1. The number of piperidine rings is 1. The molecule has 3 aromatic rings. The fourth-order valence-electron chi connectivity index (χ4n) is 3.41. The third-order valence-electron chi connectivity index (χ3n) is 4.86. The minimum atomic E-state index is 0. The van der Waals surface area contributed by atoms with E-state index in [9.17, 15) is 0 Å². The highest BCUT2D eigenvalue weighted by atomic mass is 35.5. The van der Waals surface area contributed by atoms with E-state index in [1.807, 2.05) is 24.3 Å². The minimum Gasteiger partial charge on any atom is -0.495 e. The van der Waals surface area contributed by atoms with Gasteiger partial charge in [-0.25, -0.2) is 9.97 Å². The zero-order valence-corrected chi connectivity index (χ0v) is 17.5. The smallest absolute Gasteiger partial charge is 0.154 e. The Kier molecular flexibility index (Phi) is 6.93. The van der Waals surface area contributed by atoms with Gasteiger partial charge in [-0.3, -0.25) is 4.98 Å². The first kappa shape index (κ1) is 20.6. The number of nitrogens with zero attached hydrogens (tertiary/aromatic N) is 3. The molecule has 2 aromatic heterocycles. The molecular formula is C20H24ClN5OS. The summed E-state index contributed by atoms with van der Waals surface area (Å²) in [5.41, 5.74) is 3.30. The molecule has 0 radical (unpaired) electrons. The molecule has 1 aliphatic heterocycles. The molecule has 0 saturated carbocycles. The van der Waals surface area contributed by atoms with E-state index in [1.54, 1.807) is 19.5 Å². The molecule has 4 rings (SSSR count). The normalized spacial score (nSPS) is 16.4. The first-order chi connectivity index (χ1) is 13.2. The zero-order chi connectivity index (χ0) is 18.6. The van der Waals surface area contributed by atoms with E-state index in [0.717, 1.165) is 47.7 Å². The van der Waals surface area contributed by atoms with Crippen molar-refractivity contribution in [3.8, 4) is 17.0 Å². The molecule has 148 valence electrons. The maximum atomic E-state index is 6.30. The lowest BCUT2D eigenvalue weighted by Crippen LogP contribution is -2.33. The largest absolute Gasteiger partial charge is 0.495 e. The van der Waals surface area contributed by atoms with Crippen molar-refractivity contribution in [3.05, 3.63) is 41.7 Å². The van der Waals surface area contributed by atoms with Gasteiger partial charge in [-0.1, -0.05) is 11.6 Å². The first-order valence-corrected chi connectivity index (χ1v) is 9.52. The van der Waals surface area contributed by atoms with Gasteiger partial charge in [0.05, 0.1) is 23.3 Å². The second-order valence-electron chi connectivity index (χ2n) is 6.72. The molecule has 3 heterocycles. The van der Waals surface area contributed by atoms with Gasteiger partial charge in [0, 0.05) is 24.5 Å². The summed E-state index contributed by atoms with van der Waals surface area (Å²) in [5, 5.41) is 7.50. The Balaban J connectivity index is 0.00000225. The van der Waals surface area contributed by atoms with E-state index in [4.69, 9.17) is 21.3 Å². The lowest BCUT2D eigenvalue weighted by Gasteiger charge is -2.23. The molecule has 2 N–H and O–H groups in total. The molecule has 0 unspecified atom stereocenters. The van der Waals surface area contributed by atoms with Gasteiger partial charge in [0.15, 0.2) is 5.82 Å². The highest BCUT2D eigenvalue weighted by Crippen LogP contribution is 2.31. The highest BCUT2D eigenvalue weighted by Gasteiger charge is 2.15. The lowest BCUT2D eigenvalue weighted by molar-refractivity contribution is 0.392. The van der Waals surface area contributed by atoms with Gasteiger partial charge in [-0.15, -0.1) is 0 Å². The molecule has 0 amide bonds. The Morgan fingerprint density at radius 2 is 2.11 bits per heavy atom. The molecule has 28 heavy (non-hydrogen) atoms. The van der Waals surface area contributed by atoms with Crippen LogP contribution in [0.4, 0.5) is 5.82 Å². The molecule has 1 aliphatic rings. The van der Waals surface area contributed by atoms with Gasteiger partial charge >= 0.3 is 0 Å². The average Bonchev–Trinajstić information content (AvgIpc) is 2.72. The molecule has 1 saturated heterocycles. The number of hydrogen-bond donors (Lipinski definition) is 2. The van der Waals surface area contributed by atoms with Crippen LogP contribution in [0.25, 0.3) is 22.3 Å². The molecule has 0 spiro atoms. The van der Waals surface area contributed by atoms with Crippen molar-refractivity contribution >= 4 is 41.9 Å². The molecule has 1 atom stereocenters. The summed E-state index contributed by atoms with van der Waals surface area (Å²) in [5.74, 6) is 1.99. The maximum Gasteiger partial charge on any atom is 0.154 e. The van der Waals surface area contributed by atoms with E-state index in [0.29, 0.717) is 16.7 Å². The molecule has 1 aromatic carbocycles. The Labute approximate surface area is 176 Å². The van der Waals surface area contributed by atoms with Crippen molar-refractivity contribution in [3.63, 3.8) is 0 Å². The Morgan fingerprint density at radius 1 is 1.25 bits per heavy atom. The number of hydrogen-bond acceptors (Lipinski definition) is 6. The molecule has 8 heteroatoms. The van der Waals surface area contributed by atoms with E-state index >= 15 is 0 Å². The summed E-state index contributed by atoms with van der Waals surface area (Å²) in [7, 11) is 1.60. The van der Waals surface area contributed by atoms with Gasteiger partial charge in [0.25, 0.3) is 0 Å². The number of rotatable bonds is 5. The zero-order valence-electron chi connectivity index (χ0n) is 15.7. The van der Waals surface area contributed by atoms with Crippen molar-refractivity contribution in [1.29, 1.82) is 0 Å². The van der Waals surface area contributed by atoms with Gasteiger partial charge in [0.1, 0.15) is 11.3 Å². The maximum absolute atomic E-state index is 6.30. The Morgan fingerprint density at radius 3 is 2.86 bits per heavy atom. The molecule has 1 fully saturated rings. The third-order valence-corrected chi connectivity index (χ3v) is 5.16. The summed E-state index contributed by atoms with van der Waals surface area (Å²) >= 11 is 6.30. The van der Waals surface area contributed by atoms with Crippen LogP contribution in [0.1, 0.15) is 12.8 Å². The van der Waals surface area contributed by atoms with Gasteiger partial charge in [-0.05, 0) is 56.1 Å². The van der Waals surface area contributed by atoms with E-state index < -0.39 is 0 Å². The average molecular weight is 418 g/mol. The number of ether oxygens (including phenoxy) is 1. The van der Waals surface area contributed by atoms with Crippen LogP contribution in [-0.2, 0) is 0 Å². The van der Waals surface area contributed by atoms with Crippen LogP contribution in [0.5, 0.6) is 5.75 Å². The number of methoxy groups -OCH3 is 1. The van der Waals surface area contributed by atoms with Crippen molar-refractivity contribution < 1.29 is 4.74 Å². The monoisotopic (exact) mass is 417 g/mol. The predicted molar refractivity (Wildman–Crippen MR) is 119 cm³/mol. The van der Waals surface area contributed by atoms with Crippen molar-refractivity contribution in [1.82, 2.24) is 20.3 Å². The minimum absolute atomic E-state index is 0. The standard InChI is InChI=1S/C20H22ClN5O.H2S/c1-27-18-5-4-14(9-15(18)21)16-10-17-19(24-8-7-23-17)20(26-16)25-12-13-3-2-6-22-11-13;/h4-5,7-10,13,22H,2-3,6,11-12H2,1H3,(H,25,26);1H2/t13-;/m0./s1. The number of fused-ring (bicyclic) bond motifs is 1. The van der Waals surface area contributed by atoms with Crippen LogP contribution in [0.3, 0.4) is 0 Å². The number of nitrogens with one attached hydrogen (secondary N) is 2. The molecule has 0 aliphatic carbocycles. The lowest BCUT2D eigenvalue weighted by atomic mass is 10.00. The van der Waals surface area contributed by atoms with E-state index in [1.165, 1.54) is 12.8 Å². The van der Waals surface area contributed by atoms with Crippen molar-refractivity contribution in [2.24, 2.45) is 5.92 Å². The number of aromatic nitrogens is 3. The topological polar surface area (TPSA) is 72.0 Å². The van der Waals surface area contributed by atoms with Crippen LogP contribution in [0, 0.1) is 5.92 Å². The van der Waals surface area contributed by atoms with Crippen LogP contribution in [0.2, 0.25) is 5.02 Å².